The molecule has 90 valence electrons. The first-order valence-electron chi connectivity index (χ1n) is 5.88. The summed E-state index contributed by atoms with van der Waals surface area (Å²) in [5.74, 6) is 2.04. The fourth-order valence-electron chi connectivity index (χ4n) is 1.77. The summed E-state index contributed by atoms with van der Waals surface area (Å²) in [6.45, 7) is 8.44. The summed E-state index contributed by atoms with van der Waals surface area (Å²) in [7, 11) is 0. The van der Waals surface area contributed by atoms with Gasteiger partial charge in [-0.25, -0.2) is 4.98 Å². The Morgan fingerprint density at radius 2 is 2.12 bits per heavy atom. The molecule has 4 heteroatoms. The summed E-state index contributed by atoms with van der Waals surface area (Å²) in [6.07, 6.45) is 1.80. The molecule has 1 atom stereocenters. The first-order valence-corrected chi connectivity index (χ1v) is 5.88. The van der Waals surface area contributed by atoms with Crippen LogP contribution in [0.3, 0.4) is 0 Å². The maximum atomic E-state index is 11.3. The van der Waals surface area contributed by atoms with E-state index in [1.807, 2.05) is 6.92 Å². The van der Waals surface area contributed by atoms with Crippen LogP contribution in [0.4, 0.5) is 5.82 Å². The van der Waals surface area contributed by atoms with Crippen LogP contribution in [0.25, 0.3) is 0 Å². The van der Waals surface area contributed by atoms with Gasteiger partial charge in [0.1, 0.15) is 11.6 Å². The van der Waals surface area contributed by atoms with Crippen LogP contribution in [0.2, 0.25) is 0 Å². The molecule has 1 rings (SSSR count). The standard InChI is InChI=1S/C12H21N3O/c1-5-10-14-11(7-12(16)15-10)13-9(4)6-8(2)3/h7-9H,5-6H2,1-4H3,(H2,13,14,15,16). The molecule has 0 aliphatic heterocycles. The summed E-state index contributed by atoms with van der Waals surface area (Å²) in [5.41, 5.74) is -0.0916. The third-order valence-electron chi connectivity index (χ3n) is 2.34. The van der Waals surface area contributed by atoms with Crippen molar-refractivity contribution in [2.75, 3.05) is 5.32 Å². The molecular formula is C12H21N3O. The molecule has 16 heavy (non-hydrogen) atoms. The monoisotopic (exact) mass is 223 g/mol. The molecule has 0 amide bonds. The van der Waals surface area contributed by atoms with E-state index in [1.54, 1.807) is 0 Å². The number of hydrogen-bond acceptors (Lipinski definition) is 3. The number of aryl methyl sites for hydroxylation is 1. The van der Waals surface area contributed by atoms with Gasteiger partial charge in [-0.15, -0.1) is 0 Å². The van der Waals surface area contributed by atoms with Crippen molar-refractivity contribution in [3.63, 3.8) is 0 Å². The van der Waals surface area contributed by atoms with Crippen molar-refractivity contribution in [1.82, 2.24) is 9.97 Å². The molecule has 0 radical (unpaired) electrons. The summed E-state index contributed by atoms with van der Waals surface area (Å²) >= 11 is 0. The molecule has 0 saturated heterocycles. The lowest BCUT2D eigenvalue weighted by Crippen LogP contribution is -2.21. The Balaban J connectivity index is 2.73. The number of hydrogen-bond donors (Lipinski definition) is 2. The van der Waals surface area contributed by atoms with Crippen molar-refractivity contribution < 1.29 is 0 Å². The SMILES string of the molecule is CCc1nc(NC(C)CC(C)C)cc(=O)[nH]1. The second kappa shape index (κ2) is 5.68. The topological polar surface area (TPSA) is 57.8 Å². The van der Waals surface area contributed by atoms with Crippen LogP contribution in [-0.4, -0.2) is 16.0 Å². The lowest BCUT2D eigenvalue weighted by Gasteiger charge is -2.16. The number of anilines is 1. The Morgan fingerprint density at radius 1 is 1.44 bits per heavy atom. The van der Waals surface area contributed by atoms with E-state index in [4.69, 9.17) is 0 Å². The zero-order valence-electron chi connectivity index (χ0n) is 10.5. The van der Waals surface area contributed by atoms with Gasteiger partial charge in [-0.05, 0) is 19.3 Å². The third kappa shape index (κ3) is 4.04. The van der Waals surface area contributed by atoms with E-state index in [1.165, 1.54) is 6.07 Å². The number of rotatable bonds is 5. The number of H-pyrrole nitrogens is 1. The Labute approximate surface area is 96.5 Å². The lowest BCUT2D eigenvalue weighted by atomic mass is 10.1. The van der Waals surface area contributed by atoms with Gasteiger partial charge in [-0.2, -0.15) is 0 Å². The molecule has 4 nitrogen and oxygen atoms in total. The van der Waals surface area contributed by atoms with E-state index >= 15 is 0 Å². The molecule has 0 aliphatic carbocycles. The average molecular weight is 223 g/mol. The van der Waals surface area contributed by atoms with Crippen LogP contribution < -0.4 is 10.9 Å². The number of aromatic amines is 1. The van der Waals surface area contributed by atoms with Crippen molar-refractivity contribution in [3.8, 4) is 0 Å². The van der Waals surface area contributed by atoms with E-state index in [2.05, 4.69) is 36.1 Å². The van der Waals surface area contributed by atoms with E-state index in [-0.39, 0.29) is 5.56 Å². The average Bonchev–Trinajstić information content (AvgIpc) is 2.14. The van der Waals surface area contributed by atoms with Gasteiger partial charge in [0.15, 0.2) is 0 Å². The van der Waals surface area contributed by atoms with E-state index in [0.717, 1.165) is 18.7 Å². The molecule has 0 fully saturated rings. The minimum Gasteiger partial charge on any atom is -0.367 e. The Kier molecular flexibility index (Phi) is 4.52. The second-order valence-electron chi connectivity index (χ2n) is 4.61. The van der Waals surface area contributed by atoms with Crippen molar-refractivity contribution >= 4 is 5.82 Å². The van der Waals surface area contributed by atoms with Gasteiger partial charge in [-0.3, -0.25) is 4.79 Å². The smallest absolute Gasteiger partial charge is 0.252 e. The Bertz CT molecular complexity index is 384. The highest BCUT2D eigenvalue weighted by molar-refractivity contribution is 5.34. The lowest BCUT2D eigenvalue weighted by molar-refractivity contribution is 0.538. The van der Waals surface area contributed by atoms with Gasteiger partial charge in [0.05, 0.1) is 0 Å². The summed E-state index contributed by atoms with van der Waals surface area (Å²) in [6, 6.07) is 1.84. The maximum Gasteiger partial charge on any atom is 0.252 e. The molecule has 1 unspecified atom stereocenters. The van der Waals surface area contributed by atoms with Crippen LogP contribution in [0, 0.1) is 5.92 Å². The molecule has 1 aromatic rings. The highest BCUT2D eigenvalue weighted by atomic mass is 16.1. The number of aromatic nitrogens is 2. The zero-order chi connectivity index (χ0) is 12.1. The zero-order valence-corrected chi connectivity index (χ0v) is 10.5. The van der Waals surface area contributed by atoms with E-state index in [9.17, 15) is 4.79 Å². The first-order chi connectivity index (χ1) is 7.51. The van der Waals surface area contributed by atoms with Crippen molar-refractivity contribution in [2.45, 2.75) is 46.6 Å². The van der Waals surface area contributed by atoms with Gasteiger partial charge in [0.2, 0.25) is 0 Å². The minimum absolute atomic E-state index is 0.0916. The molecule has 0 saturated carbocycles. The van der Waals surface area contributed by atoms with Crippen molar-refractivity contribution in [3.05, 3.63) is 22.2 Å². The van der Waals surface area contributed by atoms with Crippen LogP contribution >= 0.6 is 0 Å². The van der Waals surface area contributed by atoms with E-state index < -0.39 is 0 Å². The third-order valence-corrected chi connectivity index (χ3v) is 2.34. The van der Waals surface area contributed by atoms with Gasteiger partial charge in [0.25, 0.3) is 5.56 Å². The fraction of sp³-hybridized carbons (Fsp3) is 0.667. The molecule has 0 aromatic carbocycles. The molecule has 0 bridgehead atoms. The van der Waals surface area contributed by atoms with E-state index in [0.29, 0.717) is 17.8 Å². The maximum absolute atomic E-state index is 11.3. The second-order valence-corrected chi connectivity index (χ2v) is 4.61. The summed E-state index contributed by atoms with van der Waals surface area (Å²) in [5, 5.41) is 3.26. The van der Waals surface area contributed by atoms with Gasteiger partial charge >= 0.3 is 0 Å². The van der Waals surface area contributed by atoms with Crippen LogP contribution in [-0.2, 0) is 6.42 Å². The Hall–Kier alpha value is -1.32. The molecule has 1 aromatic heterocycles. The van der Waals surface area contributed by atoms with Gasteiger partial charge < -0.3 is 10.3 Å². The molecule has 0 spiro atoms. The molecule has 0 aliphatic rings. The highest BCUT2D eigenvalue weighted by Gasteiger charge is 2.06. The number of nitrogens with one attached hydrogen (secondary N) is 2. The summed E-state index contributed by atoms with van der Waals surface area (Å²) < 4.78 is 0. The molecular weight excluding hydrogens is 202 g/mol. The normalized spacial score (nSPS) is 12.8. The number of nitrogens with zero attached hydrogens (tertiary/aromatic N) is 1. The van der Waals surface area contributed by atoms with Crippen LogP contribution in [0.15, 0.2) is 10.9 Å². The van der Waals surface area contributed by atoms with Crippen LogP contribution in [0.1, 0.15) is 39.9 Å². The largest absolute Gasteiger partial charge is 0.367 e. The Morgan fingerprint density at radius 3 is 2.69 bits per heavy atom. The quantitative estimate of drug-likeness (QED) is 0.804. The van der Waals surface area contributed by atoms with Crippen molar-refractivity contribution in [1.29, 1.82) is 0 Å². The molecule has 2 N–H and O–H groups in total. The van der Waals surface area contributed by atoms with Crippen LogP contribution in [0.5, 0.6) is 0 Å². The highest BCUT2D eigenvalue weighted by Crippen LogP contribution is 2.09. The first kappa shape index (κ1) is 12.7. The van der Waals surface area contributed by atoms with Gasteiger partial charge in [0, 0.05) is 18.5 Å². The fourth-order valence-corrected chi connectivity index (χ4v) is 1.77. The van der Waals surface area contributed by atoms with Gasteiger partial charge in [-0.1, -0.05) is 20.8 Å². The van der Waals surface area contributed by atoms with Crippen molar-refractivity contribution in [2.24, 2.45) is 5.92 Å². The predicted molar refractivity (Wildman–Crippen MR) is 66.8 cm³/mol. The molecule has 1 heterocycles. The predicted octanol–water partition coefficient (Wildman–Crippen LogP) is 2.18. The summed E-state index contributed by atoms with van der Waals surface area (Å²) in [4.78, 5) is 18.4. The minimum atomic E-state index is -0.0916.